The second-order valence-electron chi connectivity index (χ2n) is 7.79. The van der Waals surface area contributed by atoms with Crippen LogP contribution >= 0.6 is 15.3 Å². The highest BCUT2D eigenvalue weighted by Gasteiger charge is 2.35. The highest BCUT2D eigenvalue weighted by molar-refractivity contribution is 7.57. The van der Waals surface area contributed by atoms with Crippen LogP contribution < -0.4 is 15.3 Å². The third-order valence-electron chi connectivity index (χ3n) is 4.60. The molecular weight excluding hydrogens is 591 g/mol. The molecule has 0 saturated carbocycles. The number of carbonyl (C=O) groups is 1. The van der Waals surface area contributed by atoms with Crippen molar-refractivity contribution in [2.24, 2.45) is 0 Å². The molecule has 0 radical (unpaired) electrons. The van der Waals surface area contributed by atoms with Crippen molar-refractivity contribution in [1.29, 1.82) is 5.26 Å². The van der Waals surface area contributed by atoms with Gasteiger partial charge in [0.25, 0.3) is 0 Å². The van der Waals surface area contributed by atoms with Crippen LogP contribution in [0.3, 0.4) is 0 Å². The average Bonchev–Trinajstić information content (AvgIpc) is 3.46. The molecule has 1 aliphatic heterocycles. The summed E-state index contributed by atoms with van der Waals surface area (Å²) >= 11 is 0. The van der Waals surface area contributed by atoms with Gasteiger partial charge in [-0.2, -0.15) is 5.26 Å². The highest BCUT2D eigenvalue weighted by Crippen LogP contribution is 2.45. The number of fused-ring (bicyclic) bond motifs is 1. The van der Waals surface area contributed by atoms with Gasteiger partial charge in [-0.1, -0.05) is 18.2 Å². The topological polar surface area (TPSA) is 265 Å². The first-order valence-electron chi connectivity index (χ1n) is 11.2. The number of nitriles is 1. The minimum absolute atomic E-state index is 0.131. The van der Waals surface area contributed by atoms with Crippen LogP contribution in [0, 0.1) is 11.3 Å². The van der Waals surface area contributed by atoms with Crippen LogP contribution in [0.2, 0.25) is 0 Å². The van der Waals surface area contributed by atoms with Crippen LogP contribution in [0.15, 0.2) is 54.9 Å². The SMILES string of the molecule is CC#N.CC(NP(=O)(CO[C@@H]1C=C(F)[C@H](n2cnc3c(N)ncnc32)O1)Oc1ccccc1)C(=O)O.O=P(O)(O)O. The van der Waals surface area contributed by atoms with E-state index in [1.165, 1.54) is 31.1 Å². The van der Waals surface area contributed by atoms with Crippen LogP contribution in [-0.2, 0) is 23.4 Å². The third kappa shape index (κ3) is 10.6. The zero-order valence-corrected chi connectivity index (χ0v) is 23.2. The Hall–Kier alpha value is -3.78. The summed E-state index contributed by atoms with van der Waals surface area (Å²) in [6, 6.07) is 8.72. The molecule has 0 aliphatic carbocycles. The van der Waals surface area contributed by atoms with E-state index in [0.29, 0.717) is 0 Å². The van der Waals surface area contributed by atoms with Crippen molar-refractivity contribution < 1.29 is 52.1 Å². The second-order valence-corrected chi connectivity index (χ2v) is 10.9. The molecular formula is C21H26FN7O10P2. The first-order chi connectivity index (χ1) is 19.2. The first kappa shape index (κ1) is 33.4. The molecule has 1 aliphatic rings. The van der Waals surface area contributed by atoms with Crippen molar-refractivity contribution in [3.63, 3.8) is 0 Å². The largest absolute Gasteiger partial charge is 0.480 e. The monoisotopic (exact) mass is 617 g/mol. The molecule has 2 aromatic heterocycles. The number of carboxylic acids is 1. The van der Waals surface area contributed by atoms with E-state index in [2.05, 4.69) is 20.0 Å². The fourth-order valence-corrected chi connectivity index (χ4v) is 4.72. The number of nitrogen functional groups attached to an aromatic ring is 1. The summed E-state index contributed by atoms with van der Waals surface area (Å²) in [5, 5.41) is 18.9. The number of carboxylic acid groups (broad SMARTS) is 1. The first-order valence-corrected chi connectivity index (χ1v) is 14.6. The number of hydrogen-bond donors (Lipinski definition) is 6. The molecule has 0 spiro atoms. The van der Waals surface area contributed by atoms with Gasteiger partial charge in [-0.25, -0.2) is 29.0 Å². The van der Waals surface area contributed by atoms with E-state index in [9.17, 15) is 18.9 Å². The van der Waals surface area contributed by atoms with Gasteiger partial charge in [0.1, 0.15) is 23.6 Å². The third-order valence-corrected chi connectivity index (χ3v) is 6.37. The number of hydrogen-bond acceptors (Lipinski definition) is 11. The summed E-state index contributed by atoms with van der Waals surface area (Å²) in [6.07, 6.45) is 0.494. The fraction of sp³-hybridized carbons (Fsp3) is 0.286. The number of nitrogens with two attached hydrogens (primary N) is 1. The molecule has 4 atom stereocenters. The maximum absolute atomic E-state index is 14.7. The number of imidazole rings is 1. The number of phosphoric acid groups is 1. The van der Waals surface area contributed by atoms with Crippen LogP contribution in [0.4, 0.5) is 10.2 Å². The van der Waals surface area contributed by atoms with Crippen molar-refractivity contribution in [2.75, 3.05) is 12.1 Å². The number of para-hydroxylation sites is 1. The van der Waals surface area contributed by atoms with Gasteiger partial charge >= 0.3 is 21.3 Å². The molecule has 3 aromatic rings. The molecule has 2 unspecified atom stereocenters. The predicted molar refractivity (Wildman–Crippen MR) is 139 cm³/mol. The van der Waals surface area contributed by atoms with Gasteiger partial charge in [0.05, 0.1) is 12.4 Å². The summed E-state index contributed by atoms with van der Waals surface area (Å²) in [5.41, 5.74) is 6.29. The van der Waals surface area contributed by atoms with E-state index in [-0.39, 0.29) is 22.7 Å². The van der Waals surface area contributed by atoms with Crippen molar-refractivity contribution >= 4 is 38.3 Å². The Morgan fingerprint density at radius 2 is 1.88 bits per heavy atom. The number of aliphatic carboxylic acids is 1. The Labute approximate surface area is 231 Å². The van der Waals surface area contributed by atoms with E-state index in [0.717, 1.165) is 6.08 Å². The lowest BCUT2D eigenvalue weighted by Crippen LogP contribution is -2.34. The molecule has 0 bridgehead atoms. The van der Waals surface area contributed by atoms with Crippen molar-refractivity contribution in [1.82, 2.24) is 24.6 Å². The Bertz CT molecular complexity index is 1490. The number of nitrogens with zero attached hydrogens (tertiary/aromatic N) is 5. The molecule has 0 amide bonds. The standard InChI is InChI=1S/C19H20FN6O6P.C2H3N.H3O4P/c1-11(19(27)28)25-33(29,32-12-5-3-2-4-6-12)10-30-14-7-13(20)18(31-14)26-9-24-15-16(21)22-8-23-17(15)26;1-2-3;1-5(2,3)4/h2-9,11,14,18H,10H2,1H3,(H,25,29)(H,27,28)(H2,21,22,23);1H3;(H3,1,2,3,4)/t11?,14-,18+,33?;;/m0../s1. The van der Waals surface area contributed by atoms with Crippen LogP contribution in [0.5, 0.6) is 5.75 Å². The molecule has 3 heterocycles. The highest BCUT2D eigenvalue weighted by atomic mass is 31.2. The van der Waals surface area contributed by atoms with E-state index in [4.69, 9.17) is 44.2 Å². The Balaban J connectivity index is 0.000000653. The summed E-state index contributed by atoms with van der Waals surface area (Å²) < 4.78 is 54.7. The number of anilines is 1. The lowest BCUT2D eigenvalue weighted by molar-refractivity contribution is -0.138. The molecule has 41 heavy (non-hydrogen) atoms. The lowest BCUT2D eigenvalue weighted by Gasteiger charge is -2.24. The summed E-state index contributed by atoms with van der Waals surface area (Å²) in [5.74, 6) is -1.56. The molecule has 4 rings (SSSR count). The number of halogens is 1. The van der Waals surface area contributed by atoms with E-state index in [1.54, 1.807) is 36.4 Å². The maximum atomic E-state index is 14.7. The minimum atomic E-state index is -4.64. The number of rotatable bonds is 9. The van der Waals surface area contributed by atoms with E-state index in [1.807, 2.05) is 0 Å². The number of ether oxygens (including phenoxy) is 2. The maximum Gasteiger partial charge on any atom is 0.466 e. The van der Waals surface area contributed by atoms with Crippen molar-refractivity contribution in [2.45, 2.75) is 32.4 Å². The minimum Gasteiger partial charge on any atom is -0.480 e. The van der Waals surface area contributed by atoms with Gasteiger partial charge in [0, 0.05) is 13.0 Å². The summed E-state index contributed by atoms with van der Waals surface area (Å²) in [7, 11) is -8.53. The Morgan fingerprint density at radius 3 is 2.46 bits per heavy atom. The molecule has 17 nitrogen and oxygen atoms in total. The van der Waals surface area contributed by atoms with Crippen molar-refractivity contribution in [3.05, 3.63) is 54.9 Å². The van der Waals surface area contributed by atoms with E-state index < -0.39 is 52.0 Å². The number of nitrogens with one attached hydrogen (secondary N) is 1. The quantitative estimate of drug-likeness (QED) is 0.187. The second kappa shape index (κ2) is 14.7. The molecule has 0 saturated heterocycles. The van der Waals surface area contributed by atoms with Gasteiger partial charge in [0.15, 0.2) is 36.2 Å². The van der Waals surface area contributed by atoms with Crippen LogP contribution in [-0.4, -0.2) is 64.0 Å². The van der Waals surface area contributed by atoms with Gasteiger partial charge in [-0.15, -0.1) is 0 Å². The normalized spacial score (nSPS) is 18.4. The zero-order valence-electron chi connectivity index (χ0n) is 21.4. The van der Waals surface area contributed by atoms with Crippen LogP contribution in [0.1, 0.15) is 20.1 Å². The molecule has 20 heteroatoms. The van der Waals surface area contributed by atoms with Gasteiger partial charge in [0.2, 0.25) is 0 Å². The molecule has 7 N–H and O–H groups in total. The average molecular weight is 617 g/mol. The predicted octanol–water partition coefficient (Wildman–Crippen LogP) is 2.03. The van der Waals surface area contributed by atoms with Gasteiger partial charge in [-0.3, -0.25) is 13.9 Å². The van der Waals surface area contributed by atoms with E-state index >= 15 is 0 Å². The Morgan fingerprint density at radius 1 is 1.27 bits per heavy atom. The molecule has 1 aromatic carbocycles. The number of benzene rings is 1. The smallest absolute Gasteiger partial charge is 0.466 e. The Kier molecular flexibility index (Phi) is 12.0. The van der Waals surface area contributed by atoms with Gasteiger partial charge in [-0.05, 0) is 19.1 Å². The number of aromatic nitrogens is 4. The zero-order chi connectivity index (χ0) is 30.8. The van der Waals surface area contributed by atoms with Crippen LogP contribution in [0.25, 0.3) is 11.2 Å². The lowest BCUT2D eigenvalue weighted by atomic mass is 10.3. The van der Waals surface area contributed by atoms with Crippen molar-refractivity contribution in [3.8, 4) is 11.8 Å². The van der Waals surface area contributed by atoms with Gasteiger partial charge < -0.3 is 39.5 Å². The fourth-order valence-electron chi connectivity index (χ4n) is 3.03. The molecule has 222 valence electrons. The molecule has 0 fully saturated rings. The summed E-state index contributed by atoms with van der Waals surface area (Å²) in [4.78, 5) is 44.8. The summed E-state index contributed by atoms with van der Waals surface area (Å²) in [6.45, 7) is 2.74.